The summed E-state index contributed by atoms with van der Waals surface area (Å²) in [5, 5.41) is 8.09. The molecule has 0 aromatic heterocycles. The molecule has 0 unspecified atom stereocenters. The number of likely N-dealkylation sites (N-methyl/N-ethyl adjacent to an activating group) is 1. The summed E-state index contributed by atoms with van der Waals surface area (Å²) in [4.78, 5) is 22.5. The molecule has 19 heavy (non-hydrogen) atoms. The Kier molecular flexibility index (Phi) is 6.60. The molecule has 0 spiro atoms. The highest BCUT2D eigenvalue weighted by Crippen LogP contribution is 2.12. The maximum atomic E-state index is 11.5. The van der Waals surface area contributed by atoms with Gasteiger partial charge in [0.2, 0.25) is 11.8 Å². The van der Waals surface area contributed by atoms with Crippen LogP contribution in [0, 0.1) is 0 Å². The van der Waals surface area contributed by atoms with Gasteiger partial charge in [-0.15, -0.1) is 0 Å². The molecule has 0 saturated carbocycles. The van der Waals surface area contributed by atoms with Gasteiger partial charge in [-0.2, -0.15) is 0 Å². The van der Waals surface area contributed by atoms with Crippen molar-refractivity contribution in [1.82, 2.24) is 16.0 Å². The molecule has 104 valence electrons. The Labute approximate surface area is 113 Å². The van der Waals surface area contributed by atoms with E-state index in [2.05, 4.69) is 22.9 Å². The van der Waals surface area contributed by atoms with E-state index in [0.29, 0.717) is 6.54 Å². The van der Waals surface area contributed by atoms with Crippen LogP contribution in [0.25, 0.3) is 0 Å². The molecule has 1 aromatic rings. The van der Waals surface area contributed by atoms with E-state index >= 15 is 0 Å². The molecule has 0 heterocycles. The quantitative estimate of drug-likeness (QED) is 0.660. The molecule has 0 bridgehead atoms. The van der Waals surface area contributed by atoms with Crippen LogP contribution in [0.3, 0.4) is 0 Å². The minimum absolute atomic E-state index is 0.105. The summed E-state index contributed by atoms with van der Waals surface area (Å²) in [5.41, 5.74) is 1.20. The molecule has 5 heteroatoms. The van der Waals surface area contributed by atoms with Crippen LogP contribution in [0.5, 0.6) is 0 Å². The zero-order chi connectivity index (χ0) is 14.1. The molecule has 0 saturated heterocycles. The number of carbonyl (C=O) groups excluding carboxylic acids is 2. The molecule has 0 fully saturated rings. The van der Waals surface area contributed by atoms with E-state index in [1.54, 1.807) is 7.05 Å². The normalized spacial score (nSPS) is 11.7. The highest BCUT2D eigenvalue weighted by atomic mass is 16.2. The summed E-state index contributed by atoms with van der Waals surface area (Å²) < 4.78 is 0. The van der Waals surface area contributed by atoms with Gasteiger partial charge in [-0.05, 0) is 11.5 Å². The van der Waals surface area contributed by atoms with Crippen molar-refractivity contribution in [2.24, 2.45) is 0 Å². The van der Waals surface area contributed by atoms with Gasteiger partial charge in [-0.3, -0.25) is 14.9 Å². The lowest BCUT2D eigenvalue weighted by atomic mass is 10.0. The molecule has 0 aliphatic carbocycles. The van der Waals surface area contributed by atoms with E-state index in [1.807, 2.05) is 30.3 Å². The fourth-order valence-corrected chi connectivity index (χ4v) is 1.61. The minimum Gasteiger partial charge on any atom is -0.358 e. The first-order valence-electron chi connectivity index (χ1n) is 6.36. The monoisotopic (exact) mass is 263 g/mol. The first kappa shape index (κ1) is 15.2. The molecular formula is C14H21N3O2. The second-order valence-electron chi connectivity index (χ2n) is 4.39. The van der Waals surface area contributed by atoms with Crippen molar-refractivity contribution in [1.29, 1.82) is 0 Å². The van der Waals surface area contributed by atoms with Gasteiger partial charge >= 0.3 is 0 Å². The Balaban J connectivity index is 2.21. The molecule has 3 N–H and O–H groups in total. The topological polar surface area (TPSA) is 70.2 Å². The highest BCUT2D eigenvalue weighted by Gasteiger charge is 2.07. The predicted molar refractivity (Wildman–Crippen MR) is 74.8 cm³/mol. The summed E-state index contributed by atoms with van der Waals surface area (Å²) in [6.07, 6.45) is 0. The molecule has 1 atom stereocenters. The second-order valence-corrected chi connectivity index (χ2v) is 4.39. The van der Waals surface area contributed by atoms with Gasteiger partial charge in [-0.25, -0.2) is 0 Å². The third kappa shape index (κ3) is 6.01. The van der Waals surface area contributed by atoms with Crippen LogP contribution in [0.15, 0.2) is 30.3 Å². The Hall–Kier alpha value is -1.88. The van der Waals surface area contributed by atoms with Gasteiger partial charge in [0.15, 0.2) is 0 Å². The van der Waals surface area contributed by atoms with E-state index in [1.165, 1.54) is 5.56 Å². The van der Waals surface area contributed by atoms with Gasteiger partial charge in [0.1, 0.15) is 0 Å². The Morgan fingerprint density at radius 2 is 1.74 bits per heavy atom. The number of amides is 2. The van der Waals surface area contributed by atoms with Crippen molar-refractivity contribution in [2.75, 3.05) is 26.7 Å². The summed E-state index contributed by atoms with van der Waals surface area (Å²) >= 11 is 0. The maximum Gasteiger partial charge on any atom is 0.233 e. The fraction of sp³-hybridized carbons (Fsp3) is 0.429. The van der Waals surface area contributed by atoms with Crippen molar-refractivity contribution >= 4 is 11.8 Å². The van der Waals surface area contributed by atoms with E-state index < -0.39 is 0 Å². The van der Waals surface area contributed by atoms with Crippen LogP contribution in [-0.2, 0) is 9.59 Å². The van der Waals surface area contributed by atoms with Crippen molar-refractivity contribution in [3.05, 3.63) is 35.9 Å². The molecular weight excluding hydrogens is 242 g/mol. The molecule has 2 amide bonds. The molecule has 0 aliphatic heterocycles. The summed E-state index contributed by atoms with van der Waals surface area (Å²) in [6.45, 7) is 2.95. The van der Waals surface area contributed by atoms with Crippen LogP contribution in [0.4, 0.5) is 0 Å². The van der Waals surface area contributed by atoms with E-state index in [0.717, 1.165) is 0 Å². The average molecular weight is 263 g/mol. The lowest BCUT2D eigenvalue weighted by Crippen LogP contribution is -2.39. The summed E-state index contributed by atoms with van der Waals surface area (Å²) in [5.74, 6) is 0.0289. The second kappa shape index (κ2) is 8.26. The van der Waals surface area contributed by atoms with Crippen molar-refractivity contribution in [2.45, 2.75) is 12.8 Å². The highest BCUT2D eigenvalue weighted by molar-refractivity contribution is 5.80. The number of benzene rings is 1. The van der Waals surface area contributed by atoms with Gasteiger partial charge in [0.05, 0.1) is 13.1 Å². The van der Waals surface area contributed by atoms with Crippen molar-refractivity contribution < 1.29 is 9.59 Å². The van der Waals surface area contributed by atoms with Crippen molar-refractivity contribution in [3.63, 3.8) is 0 Å². The van der Waals surface area contributed by atoms with Crippen LogP contribution >= 0.6 is 0 Å². The summed E-state index contributed by atoms with van der Waals surface area (Å²) in [6, 6.07) is 10.0. The fourth-order valence-electron chi connectivity index (χ4n) is 1.61. The first-order chi connectivity index (χ1) is 9.13. The lowest BCUT2D eigenvalue weighted by Gasteiger charge is -2.13. The zero-order valence-corrected chi connectivity index (χ0v) is 11.4. The molecule has 0 aliphatic rings. The number of rotatable bonds is 7. The van der Waals surface area contributed by atoms with Gasteiger partial charge in [0, 0.05) is 13.6 Å². The molecule has 5 nitrogen and oxygen atoms in total. The summed E-state index contributed by atoms with van der Waals surface area (Å²) in [7, 11) is 1.56. The molecule has 1 rings (SSSR count). The molecule has 0 radical (unpaired) electrons. The van der Waals surface area contributed by atoms with Gasteiger partial charge in [-0.1, -0.05) is 37.3 Å². The molecule has 1 aromatic carbocycles. The van der Waals surface area contributed by atoms with Crippen LogP contribution in [0.2, 0.25) is 0 Å². The number of carbonyl (C=O) groups is 2. The third-order valence-corrected chi connectivity index (χ3v) is 2.82. The van der Waals surface area contributed by atoms with Crippen molar-refractivity contribution in [3.8, 4) is 0 Å². The maximum absolute atomic E-state index is 11.5. The Morgan fingerprint density at radius 1 is 1.11 bits per heavy atom. The predicted octanol–water partition coefficient (Wildman–Crippen LogP) is 0.242. The minimum atomic E-state index is -0.134. The van der Waals surface area contributed by atoms with Crippen LogP contribution in [0.1, 0.15) is 18.4 Å². The Morgan fingerprint density at radius 3 is 2.37 bits per heavy atom. The standard InChI is InChI=1S/C14H21N3O2/c1-11(12-6-4-3-5-7-12)8-17-14(19)10-16-9-13(18)15-2/h3-7,11,16H,8-10H2,1-2H3,(H,15,18)(H,17,19)/t11-/m0/s1. The first-order valence-corrected chi connectivity index (χ1v) is 6.36. The third-order valence-electron chi connectivity index (χ3n) is 2.82. The van der Waals surface area contributed by atoms with E-state index in [9.17, 15) is 9.59 Å². The van der Waals surface area contributed by atoms with Gasteiger partial charge < -0.3 is 10.6 Å². The smallest absolute Gasteiger partial charge is 0.233 e. The SMILES string of the molecule is CNC(=O)CNCC(=O)NC[C@H](C)c1ccccc1. The number of hydrogen-bond acceptors (Lipinski definition) is 3. The number of nitrogens with one attached hydrogen (secondary N) is 3. The zero-order valence-electron chi connectivity index (χ0n) is 11.4. The van der Waals surface area contributed by atoms with E-state index in [-0.39, 0.29) is 30.8 Å². The van der Waals surface area contributed by atoms with Crippen LogP contribution < -0.4 is 16.0 Å². The Bertz CT molecular complexity index is 406. The van der Waals surface area contributed by atoms with Crippen LogP contribution in [-0.4, -0.2) is 38.5 Å². The van der Waals surface area contributed by atoms with E-state index in [4.69, 9.17) is 0 Å². The lowest BCUT2D eigenvalue weighted by molar-refractivity contribution is -0.121. The largest absolute Gasteiger partial charge is 0.358 e. The number of hydrogen-bond donors (Lipinski definition) is 3. The average Bonchev–Trinajstić information content (AvgIpc) is 2.45. The van der Waals surface area contributed by atoms with Gasteiger partial charge in [0.25, 0.3) is 0 Å².